The average molecular weight is 396 g/mol. The summed E-state index contributed by atoms with van der Waals surface area (Å²) in [4.78, 5) is 12.2. The van der Waals surface area contributed by atoms with Crippen LogP contribution in [0.2, 0.25) is 5.02 Å². The molecule has 2 rings (SSSR count). The predicted octanol–water partition coefficient (Wildman–Crippen LogP) is 4.83. The number of benzene rings is 2. The van der Waals surface area contributed by atoms with Crippen LogP contribution in [0.3, 0.4) is 0 Å². The zero-order chi connectivity index (χ0) is 20.0. The number of ether oxygens (including phenoxy) is 1. The minimum Gasteiger partial charge on any atom is -0.495 e. The number of hydrogen-bond acceptors (Lipinski definition) is 4. The molecule has 140 valence electrons. The monoisotopic (exact) mass is 395 g/mol. The highest BCUT2D eigenvalue weighted by atomic mass is 35.5. The van der Waals surface area contributed by atoms with E-state index in [0.29, 0.717) is 16.5 Å². The van der Waals surface area contributed by atoms with Crippen LogP contribution in [0.5, 0.6) is 5.75 Å². The second kappa shape index (κ2) is 8.47. The van der Waals surface area contributed by atoms with Gasteiger partial charge in [0.05, 0.1) is 24.0 Å². The summed E-state index contributed by atoms with van der Waals surface area (Å²) in [5, 5.41) is 14.3. The fourth-order valence-corrected chi connectivity index (χ4v) is 2.29. The van der Waals surface area contributed by atoms with E-state index in [9.17, 15) is 18.0 Å². The van der Waals surface area contributed by atoms with E-state index in [1.807, 2.05) is 0 Å². The third-order valence-corrected chi connectivity index (χ3v) is 3.61. The van der Waals surface area contributed by atoms with Crippen LogP contribution in [0.1, 0.15) is 5.56 Å². The fourth-order valence-electron chi connectivity index (χ4n) is 2.12. The Morgan fingerprint density at radius 1 is 1.22 bits per heavy atom. The minimum atomic E-state index is -4.65. The summed E-state index contributed by atoms with van der Waals surface area (Å²) in [7, 11) is 1.42. The van der Waals surface area contributed by atoms with Crippen molar-refractivity contribution in [2.75, 3.05) is 17.7 Å². The molecule has 0 fully saturated rings. The molecular formula is C18H13ClF3N3O2. The molecule has 0 unspecified atom stereocenters. The SMILES string of the molecule is COc1ccc(Cl)cc1N/C=C(/C#N)C(=O)Nc1ccccc1C(F)(F)F. The summed E-state index contributed by atoms with van der Waals surface area (Å²) >= 11 is 5.89. The van der Waals surface area contributed by atoms with Crippen molar-refractivity contribution in [3.8, 4) is 11.8 Å². The Labute approximate surface area is 158 Å². The number of hydrogen-bond donors (Lipinski definition) is 2. The quantitative estimate of drug-likeness (QED) is 0.562. The van der Waals surface area contributed by atoms with Crippen molar-refractivity contribution in [2.45, 2.75) is 6.18 Å². The summed E-state index contributed by atoms with van der Waals surface area (Å²) in [6, 6.07) is 10.8. The van der Waals surface area contributed by atoms with Gasteiger partial charge in [-0.1, -0.05) is 23.7 Å². The number of nitrogens with zero attached hydrogens (tertiary/aromatic N) is 1. The second-order valence-electron chi connectivity index (χ2n) is 5.16. The molecule has 0 aliphatic carbocycles. The van der Waals surface area contributed by atoms with Crippen molar-refractivity contribution in [3.63, 3.8) is 0 Å². The molecule has 5 nitrogen and oxygen atoms in total. The van der Waals surface area contributed by atoms with E-state index in [4.69, 9.17) is 21.6 Å². The number of rotatable bonds is 5. The number of nitriles is 1. The van der Waals surface area contributed by atoms with Crippen LogP contribution in [-0.4, -0.2) is 13.0 Å². The van der Waals surface area contributed by atoms with Gasteiger partial charge in [0.25, 0.3) is 5.91 Å². The number of methoxy groups -OCH3 is 1. The Balaban J connectivity index is 2.24. The number of carbonyl (C=O) groups is 1. The van der Waals surface area contributed by atoms with Gasteiger partial charge in [0.1, 0.15) is 17.4 Å². The smallest absolute Gasteiger partial charge is 0.418 e. The molecule has 0 aliphatic heterocycles. The summed E-state index contributed by atoms with van der Waals surface area (Å²) in [5.41, 5.74) is -1.52. The van der Waals surface area contributed by atoms with Gasteiger partial charge in [-0.25, -0.2) is 0 Å². The summed E-state index contributed by atoms with van der Waals surface area (Å²) in [6.45, 7) is 0. The number of carbonyl (C=O) groups excluding carboxylic acids is 1. The first-order chi connectivity index (χ1) is 12.8. The Bertz CT molecular complexity index is 921. The second-order valence-corrected chi connectivity index (χ2v) is 5.59. The number of halogens is 4. The normalized spacial score (nSPS) is 11.5. The molecule has 0 bridgehead atoms. The third-order valence-electron chi connectivity index (χ3n) is 3.38. The maximum atomic E-state index is 13.0. The minimum absolute atomic E-state index is 0.376. The Kier molecular flexibility index (Phi) is 6.32. The first-order valence-electron chi connectivity index (χ1n) is 7.44. The largest absolute Gasteiger partial charge is 0.495 e. The topological polar surface area (TPSA) is 74.1 Å². The summed E-state index contributed by atoms with van der Waals surface area (Å²) < 4.78 is 44.1. The molecule has 0 atom stereocenters. The van der Waals surface area contributed by atoms with Crippen LogP contribution >= 0.6 is 11.6 Å². The molecule has 2 aromatic carbocycles. The molecule has 0 radical (unpaired) electrons. The van der Waals surface area contributed by atoms with E-state index in [0.717, 1.165) is 18.3 Å². The van der Waals surface area contributed by atoms with E-state index >= 15 is 0 Å². The molecule has 2 N–H and O–H groups in total. The molecule has 9 heteroatoms. The first-order valence-corrected chi connectivity index (χ1v) is 7.82. The number of nitrogens with one attached hydrogen (secondary N) is 2. The van der Waals surface area contributed by atoms with Crippen LogP contribution in [0, 0.1) is 11.3 Å². The standard InChI is InChI=1S/C18H13ClF3N3O2/c1-27-16-7-6-12(19)8-15(16)24-10-11(9-23)17(26)25-14-5-3-2-4-13(14)18(20,21)22/h2-8,10,24H,1H3,(H,25,26)/b11-10-. The molecule has 0 spiro atoms. The molecule has 1 amide bonds. The van der Waals surface area contributed by atoms with Gasteiger partial charge in [0.2, 0.25) is 0 Å². The van der Waals surface area contributed by atoms with Crippen molar-refractivity contribution < 1.29 is 22.7 Å². The van der Waals surface area contributed by atoms with Gasteiger partial charge in [-0.05, 0) is 30.3 Å². The number of anilines is 2. The highest BCUT2D eigenvalue weighted by molar-refractivity contribution is 6.31. The summed E-state index contributed by atoms with van der Waals surface area (Å²) in [5.74, 6) is -0.599. The third kappa shape index (κ3) is 5.15. The van der Waals surface area contributed by atoms with Gasteiger partial charge in [0.15, 0.2) is 0 Å². The van der Waals surface area contributed by atoms with E-state index in [-0.39, 0.29) is 0 Å². The molecule has 0 aromatic heterocycles. The van der Waals surface area contributed by atoms with Crippen molar-refractivity contribution in [2.24, 2.45) is 0 Å². The van der Waals surface area contributed by atoms with Crippen LogP contribution in [-0.2, 0) is 11.0 Å². The maximum absolute atomic E-state index is 13.0. The number of amides is 1. The Morgan fingerprint density at radius 2 is 1.93 bits per heavy atom. The fraction of sp³-hybridized carbons (Fsp3) is 0.111. The molecule has 0 heterocycles. The van der Waals surface area contributed by atoms with Gasteiger partial charge >= 0.3 is 6.18 Å². The van der Waals surface area contributed by atoms with Crippen LogP contribution < -0.4 is 15.4 Å². The predicted molar refractivity (Wildman–Crippen MR) is 95.4 cm³/mol. The molecule has 27 heavy (non-hydrogen) atoms. The van der Waals surface area contributed by atoms with Gasteiger partial charge in [-0.2, -0.15) is 18.4 Å². The molecular weight excluding hydrogens is 383 g/mol. The van der Waals surface area contributed by atoms with Crippen LogP contribution in [0.15, 0.2) is 54.2 Å². The van der Waals surface area contributed by atoms with E-state index in [2.05, 4.69) is 10.6 Å². The van der Waals surface area contributed by atoms with Gasteiger partial charge in [-0.3, -0.25) is 4.79 Å². The zero-order valence-electron chi connectivity index (χ0n) is 13.9. The van der Waals surface area contributed by atoms with E-state index in [1.165, 1.54) is 25.3 Å². The van der Waals surface area contributed by atoms with Crippen LogP contribution in [0.4, 0.5) is 24.5 Å². The molecule has 0 aliphatic rings. The van der Waals surface area contributed by atoms with Crippen molar-refractivity contribution in [1.82, 2.24) is 0 Å². The lowest BCUT2D eigenvalue weighted by molar-refractivity contribution is -0.137. The number of alkyl halides is 3. The van der Waals surface area contributed by atoms with Gasteiger partial charge in [0, 0.05) is 11.2 Å². The van der Waals surface area contributed by atoms with Crippen LogP contribution in [0.25, 0.3) is 0 Å². The Morgan fingerprint density at radius 3 is 2.56 bits per heavy atom. The lowest BCUT2D eigenvalue weighted by Gasteiger charge is -2.13. The lowest BCUT2D eigenvalue weighted by atomic mass is 10.1. The van der Waals surface area contributed by atoms with Crippen molar-refractivity contribution in [1.29, 1.82) is 5.26 Å². The van der Waals surface area contributed by atoms with Gasteiger partial charge in [-0.15, -0.1) is 0 Å². The van der Waals surface area contributed by atoms with E-state index < -0.39 is 28.9 Å². The van der Waals surface area contributed by atoms with Gasteiger partial charge < -0.3 is 15.4 Å². The highest BCUT2D eigenvalue weighted by Gasteiger charge is 2.33. The van der Waals surface area contributed by atoms with E-state index in [1.54, 1.807) is 18.2 Å². The molecule has 0 saturated carbocycles. The van der Waals surface area contributed by atoms with Crippen molar-refractivity contribution in [3.05, 3.63) is 64.8 Å². The van der Waals surface area contributed by atoms with Crippen molar-refractivity contribution >= 4 is 28.9 Å². The average Bonchev–Trinajstić information content (AvgIpc) is 2.62. The maximum Gasteiger partial charge on any atom is 0.418 e. The summed E-state index contributed by atoms with van der Waals surface area (Å²) in [6.07, 6.45) is -3.59. The molecule has 0 saturated heterocycles. The zero-order valence-corrected chi connectivity index (χ0v) is 14.7. The molecule has 2 aromatic rings. The highest BCUT2D eigenvalue weighted by Crippen LogP contribution is 2.34. The Hall–Kier alpha value is -3.18. The number of para-hydroxylation sites is 1. The first kappa shape index (κ1) is 20.1. The lowest BCUT2D eigenvalue weighted by Crippen LogP contribution is -2.18.